The van der Waals surface area contributed by atoms with Gasteiger partial charge in [0, 0.05) is 31.7 Å². The molecule has 0 radical (unpaired) electrons. The molecule has 0 aromatic heterocycles. The lowest BCUT2D eigenvalue weighted by atomic mass is 9.51. The van der Waals surface area contributed by atoms with Gasteiger partial charge in [-0.3, -0.25) is 4.99 Å². The van der Waals surface area contributed by atoms with E-state index >= 15 is 0 Å². The Morgan fingerprint density at radius 1 is 1.30 bits per heavy atom. The summed E-state index contributed by atoms with van der Waals surface area (Å²) in [5.74, 6) is 0.902. The number of aliphatic imine (C=N–C) groups is 1. The molecule has 1 spiro atoms. The van der Waals surface area contributed by atoms with E-state index in [-0.39, 0.29) is 29.6 Å². The number of ether oxygens (including phenoxy) is 2. The van der Waals surface area contributed by atoms with E-state index in [4.69, 9.17) is 14.5 Å². The number of nitrogens with zero attached hydrogens (tertiary/aromatic N) is 1. The van der Waals surface area contributed by atoms with Gasteiger partial charge in [-0.15, -0.1) is 24.0 Å². The highest BCUT2D eigenvalue weighted by atomic mass is 127. The maximum absolute atomic E-state index is 5.92. The van der Waals surface area contributed by atoms with Crippen LogP contribution in [-0.2, 0) is 9.47 Å². The summed E-state index contributed by atoms with van der Waals surface area (Å²) in [7, 11) is 1.73. The molecule has 136 valence electrons. The highest BCUT2D eigenvalue weighted by Gasteiger charge is 2.59. The van der Waals surface area contributed by atoms with Crippen LogP contribution in [0.15, 0.2) is 4.99 Å². The first kappa shape index (κ1) is 21.0. The lowest BCUT2D eigenvalue weighted by molar-refractivity contribution is -0.168. The van der Waals surface area contributed by atoms with Crippen molar-refractivity contribution in [2.24, 2.45) is 10.4 Å². The van der Waals surface area contributed by atoms with Crippen molar-refractivity contribution in [1.29, 1.82) is 0 Å². The molecule has 2 rings (SSSR count). The summed E-state index contributed by atoms with van der Waals surface area (Å²) < 4.78 is 11.4. The summed E-state index contributed by atoms with van der Waals surface area (Å²) in [6.45, 7) is 10.6. The maximum Gasteiger partial charge on any atom is 0.191 e. The van der Waals surface area contributed by atoms with Crippen molar-refractivity contribution in [3.05, 3.63) is 0 Å². The Labute approximate surface area is 158 Å². The fourth-order valence-electron chi connectivity index (χ4n) is 3.46. The van der Waals surface area contributed by atoms with Crippen molar-refractivity contribution in [2.75, 3.05) is 26.8 Å². The average Bonchev–Trinajstić information content (AvgIpc) is 2.41. The monoisotopic (exact) mass is 439 g/mol. The molecular weight excluding hydrogens is 405 g/mol. The van der Waals surface area contributed by atoms with Gasteiger partial charge in [0.15, 0.2) is 5.96 Å². The topological polar surface area (TPSA) is 54.9 Å². The van der Waals surface area contributed by atoms with Crippen LogP contribution in [0.1, 0.15) is 53.4 Å². The molecule has 2 saturated carbocycles. The Bertz CT molecular complexity index is 397. The first-order valence-corrected chi connectivity index (χ1v) is 8.69. The summed E-state index contributed by atoms with van der Waals surface area (Å²) in [6.07, 6.45) is 5.40. The third kappa shape index (κ3) is 4.72. The van der Waals surface area contributed by atoms with Gasteiger partial charge in [-0.05, 0) is 47.0 Å². The van der Waals surface area contributed by atoms with Crippen molar-refractivity contribution < 1.29 is 9.47 Å². The molecule has 5 nitrogen and oxygen atoms in total. The molecule has 2 atom stereocenters. The molecule has 6 heteroatoms. The highest BCUT2D eigenvalue weighted by Crippen LogP contribution is 2.57. The van der Waals surface area contributed by atoms with E-state index in [0.29, 0.717) is 24.1 Å². The number of nitrogens with one attached hydrogen (secondary N) is 2. The molecule has 0 bridgehead atoms. The van der Waals surface area contributed by atoms with Gasteiger partial charge in [-0.2, -0.15) is 0 Å². The zero-order chi connectivity index (χ0) is 16.2. The number of guanidine groups is 1. The van der Waals surface area contributed by atoms with Crippen LogP contribution in [0, 0.1) is 5.41 Å². The molecule has 2 aliphatic carbocycles. The van der Waals surface area contributed by atoms with Crippen LogP contribution in [0.25, 0.3) is 0 Å². The molecule has 0 heterocycles. The first-order chi connectivity index (χ1) is 10.5. The maximum atomic E-state index is 5.92. The molecule has 0 aromatic carbocycles. The summed E-state index contributed by atoms with van der Waals surface area (Å²) in [5.41, 5.74) is 0.118. The van der Waals surface area contributed by atoms with E-state index < -0.39 is 0 Å². The normalized spacial score (nSPS) is 26.0. The van der Waals surface area contributed by atoms with Gasteiger partial charge in [0.25, 0.3) is 0 Å². The molecule has 2 N–H and O–H groups in total. The van der Waals surface area contributed by atoms with Crippen molar-refractivity contribution in [1.82, 2.24) is 10.6 Å². The van der Waals surface area contributed by atoms with E-state index in [9.17, 15) is 0 Å². The number of hydrogen-bond acceptors (Lipinski definition) is 3. The molecule has 23 heavy (non-hydrogen) atoms. The second kappa shape index (κ2) is 8.85. The Hall–Kier alpha value is -0.0800. The SMILES string of the molecule is CCNC(=NCC(C)(C)OC)NC1CC(OCC)C12CCC2.I. The van der Waals surface area contributed by atoms with Crippen molar-refractivity contribution in [2.45, 2.75) is 71.1 Å². The minimum absolute atomic E-state index is 0. The zero-order valence-corrected chi connectivity index (χ0v) is 17.6. The van der Waals surface area contributed by atoms with Crippen LogP contribution in [0.2, 0.25) is 0 Å². The second-order valence-electron chi connectivity index (χ2n) is 7.12. The van der Waals surface area contributed by atoms with Crippen molar-refractivity contribution >= 4 is 29.9 Å². The van der Waals surface area contributed by atoms with E-state index in [1.165, 1.54) is 19.3 Å². The summed E-state index contributed by atoms with van der Waals surface area (Å²) in [5, 5.41) is 6.99. The predicted octanol–water partition coefficient (Wildman–Crippen LogP) is 2.93. The fraction of sp³-hybridized carbons (Fsp3) is 0.941. The van der Waals surface area contributed by atoms with Gasteiger partial charge >= 0.3 is 0 Å². The first-order valence-electron chi connectivity index (χ1n) is 8.69. The summed E-state index contributed by atoms with van der Waals surface area (Å²) in [6, 6.07) is 0.487. The molecule has 2 fully saturated rings. The predicted molar refractivity (Wildman–Crippen MR) is 106 cm³/mol. The minimum Gasteiger partial charge on any atom is -0.378 e. The Kier molecular flexibility index (Phi) is 8.07. The van der Waals surface area contributed by atoms with Gasteiger partial charge in [0.05, 0.1) is 18.2 Å². The zero-order valence-electron chi connectivity index (χ0n) is 15.3. The number of methoxy groups -OCH3 is 1. The molecule has 0 aliphatic heterocycles. The third-order valence-electron chi connectivity index (χ3n) is 5.26. The Morgan fingerprint density at radius 2 is 2.00 bits per heavy atom. The molecule has 0 saturated heterocycles. The van der Waals surface area contributed by atoms with Crippen LogP contribution < -0.4 is 10.6 Å². The van der Waals surface area contributed by atoms with Crippen molar-refractivity contribution in [3.63, 3.8) is 0 Å². The van der Waals surface area contributed by atoms with Crippen LogP contribution >= 0.6 is 24.0 Å². The lowest BCUT2D eigenvalue weighted by Crippen LogP contribution is -2.68. The Morgan fingerprint density at radius 3 is 2.48 bits per heavy atom. The third-order valence-corrected chi connectivity index (χ3v) is 5.26. The van der Waals surface area contributed by atoms with E-state index in [0.717, 1.165) is 25.5 Å². The highest BCUT2D eigenvalue weighted by molar-refractivity contribution is 14.0. The van der Waals surface area contributed by atoms with E-state index in [1.54, 1.807) is 7.11 Å². The minimum atomic E-state index is -0.232. The lowest BCUT2D eigenvalue weighted by Gasteiger charge is -2.61. The summed E-state index contributed by atoms with van der Waals surface area (Å²) in [4.78, 5) is 4.70. The number of rotatable bonds is 7. The quantitative estimate of drug-likeness (QED) is 0.364. The molecule has 2 aliphatic rings. The van der Waals surface area contributed by atoms with Gasteiger partial charge < -0.3 is 20.1 Å². The van der Waals surface area contributed by atoms with Crippen LogP contribution in [0.5, 0.6) is 0 Å². The van der Waals surface area contributed by atoms with Gasteiger partial charge in [-0.25, -0.2) is 0 Å². The average molecular weight is 439 g/mol. The molecule has 0 amide bonds. The number of halogens is 1. The fourth-order valence-corrected chi connectivity index (χ4v) is 3.46. The van der Waals surface area contributed by atoms with Gasteiger partial charge in [0.1, 0.15) is 0 Å². The van der Waals surface area contributed by atoms with Crippen LogP contribution in [0.4, 0.5) is 0 Å². The molecule has 0 aromatic rings. The Balaban J connectivity index is 0.00000264. The second-order valence-corrected chi connectivity index (χ2v) is 7.12. The smallest absolute Gasteiger partial charge is 0.191 e. The summed E-state index contributed by atoms with van der Waals surface area (Å²) >= 11 is 0. The number of hydrogen-bond donors (Lipinski definition) is 2. The molecular formula is C17H34IN3O2. The van der Waals surface area contributed by atoms with E-state index in [1.807, 2.05) is 0 Å². The largest absolute Gasteiger partial charge is 0.378 e. The van der Waals surface area contributed by atoms with Crippen LogP contribution in [-0.4, -0.2) is 50.5 Å². The van der Waals surface area contributed by atoms with Crippen molar-refractivity contribution in [3.8, 4) is 0 Å². The van der Waals surface area contributed by atoms with E-state index in [2.05, 4.69) is 38.3 Å². The molecule has 2 unspecified atom stereocenters. The standard InChI is InChI=1S/C17H33N3O2.HI/c1-6-18-15(19-12-16(3,4)21-5)20-13-11-14(22-7-2)17(13)9-8-10-17;/h13-14H,6-12H2,1-5H3,(H2,18,19,20);1H. The van der Waals surface area contributed by atoms with Crippen LogP contribution in [0.3, 0.4) is 0 Å². The van der Waals surface area contributed by atoms with Gasteiger partial charge in [0.2, 0.25) is 0 Å². The van der Waals surface area contributed by atoms with Gasteiger partial charge in [-0.1, -0.05) is 6.42 Å².